The smallest absolute Gasteiger partial charge is 1.00 e. The molecule has 0 spiro atoms. The maximum absolute atomic E-state index is 2.29. The van der Waals surface area contributed by atoms with E-state index in [0.29, 0.717) is 0 Å². The molecule has 0 radical (unpaired) electrons. The van der Waals surface area contributed by atoms with Gasteiger partial charge in [0.05, 0.1) is 27.7 Å². The van der Waals surface area contributed by atoms with E-state index < -0.39 is 0 Å². The molecule has 0 atom stereocenters. The number of nitrogens with zero attached hydrogens (tertiary/aromatic N) is 1. The first-order chi connectivity index (χ1) is 7.56. The van der Waals surface area contributed by atoms with Crippen molar-refractivity contribution in [2.75, 3.05) is 27.7 Å². The van der Waals surface area contributed by atoms with Crippen LogP contribution < -0.4 is 63.5 Å². The molecule has 1 nitrogen and oxygen atoms in total. The fourth-order valence-corrected chi connectivity index (χ4v) is 2.07. The monoisotopic (exact) mass is 409 g/mol. The van der Waals surface area contributed by atoms with Gasteiger partial charge in [-0.3, -0.25) is 0 Å². The summed E-state index contributed by atoms with van der Waals surface area (Å²) >= 11 is 0. The topological polar surface area (TPSA) is 0 Å². The third-order valence-corrected chi connectivity index (χ3v) is 3.18. The maximum atomic E-state index is 2.29. The summed E-state index contributed by atoms with van der Waals surface area (Å²) in [6.07, 6.45) is 14.4. The Balaban J connectivity index is -0.000000375. The van der Waals surface area contributed by atoms with Gasteiger partial charge < -0.3 is 38.4 Å². The minimum absolute atomic E-state index is 0. The van der Waals surface area contributed by atoms with Crippen molar-refractivity contribution >= 4 is 0 Å². The minimum Gasteiger partial charge on any atom is -1.00 e. The summed E-state index contributed by atoms with van der Waals surface area (Å²) in [6.45, 7) is 3.62. The van der Waals surface area contributed by atoms with Crippen LogP contribution in [0.2, 0.25) is 0 Å². The summed E-state index contributed by atoms with van der Waals surface area (Å²) in [6, 6.07) is 0. The zero-order valence-electron chi connectivity index (χ0n) is 14.0. The van der Waals surface area contributed by atoms with Crippen LogP contribution in [0.4, 0.5) is 0 Å². The number of quaternary nitrogens is 1. The Morgan fingerprint density at radius 3 is 1.21 bits per heavy atom. The zero-order chi connectivity index (χ0) is 12.3. The molecule has 0 rings (SSSR count). The first-order valence-electron chi connectivity index (χ1n) is 7.36. The van der Waals surface area contributed by atoms with Gasteiger partial charge in [-0.2, -0.15) is 0 Å². The normalized spacial score (nSPS) is 10.1. The van der Waals surface area contributed by atoms with Crippen LogP contribution in [0.5, 0.6) is 0 Å². The molecule has 4 heteroatoms. The molecular weight excluding hydrogens is 377 g/mol. The van der Waals surface area contributed by atoms with Crippen LogP contribution >= 0.6 is 0 Å². The van der Waals surface area contributed by atoms with Gasteiger partial charge in [0.15, 0.2) is 0 Å². The second-order valence-electron chi connectivity index (χ2n) is 6.20. The van der Waals surface area contributed by atoms with Crippen molar-refractivity contribution in [2.24, 2.45) is 0 Å². The molecule has 114 valence electrons. The largest absolute Gasteiger partial charge is 1.00 e. The first-order valence-corrected chi connectivity index (χ1v) is 7.36. The van der Waals surface area contributed by atoms with E-state index in [0.717, 1.165) is 4.48 Å². The fourth-order valence-electron chi connectivity index (χ4n) is 2.07. The second-order valence-corrected chi connectivity index (χ2v) is 6.20. The van der Waals surface area contributed by atoms with Gasteiger partial charge in [0, 0.05) is 0 Å². The van der Waals surface area contributed by atoms with Crippen LogP contribution in [0.3, 0.4) is 0 Å². The average Bonchev–Trinajstić information content (AvgIpc) is 2.19. The molecule has 0 fully saturated rings. The minimum atomic E-state index is 0. The molecule has 0 N–H and O–H groups in total. The van der Waals surface area contributed by atoms with E-state index in [9.17, 15) is 0 Å². The Bertz CT molecular complexity index is 150. The van der Waals surface area contributed by atoms with Crippen LogP contribution in [-0.4, -0.2) is 32.2 Å². The van der Waals surface area contributed by atoms with Gasteiger partial charge in [0.2, 0.25) is 0 Å². The van der Waals surface area contributed by atoms with Crippen molar-refractivity contribution in [3.05, 3.63) is 0 Å². The van der Waals surface area contributed by atoms with E-state index in [1.165, 1.54) is 70.8 Å². The van der Waals surface area contributed by atoms with Crippen molar-refractivity contribution in [1.29, 1.82) is 0 Å². The first kappa shape index (κ1) is 29.0. The number of rotatable bonds is 11. The van der Waals surface area contributed by atoms with Crippen LogP contribution in [0, 0.1) is 0 Å². The van der Waals surface area contributed by atoms with E-state index in [-0.39, 0.29) is 63.5 Å². The molecule has 0 aromatic heterocycles. The summed E-state index contributed by atoms with van der Waals surface area (Å²) in [5, 5.41) is 0. The van der Waals surface area contributed by atoms with Crippen LogP contribution in [-0.2, 0) is 0 Å². The number of hydrogen-bond donors (Lipinski definition) is 0. The standard InChI is InChI=1S/C15H34N.2BrH.Na/c1-5-6-7-8-9-10-11-12-13-14-15-16(2,3)4;;;/h5-15H2,1-4H3;2*1H;/q+1;;;+1/p-2. The van der Waals surface area contributed by atoms with Crippen LogP contribution in [0.15, 0.2) is 0 Å². The van der Waals surface area contributed by atoms with Gasteiger partial charge in [0.25, 0.3) is 0 Å². The van der Waals surface area contributed by atoms with Crippen molar-refractivity contribution in [1.82, 2.24) is 0 Å². The molecule has 19 heavy (non-hydrogen) atoms. The summed E-state index contributed by atoms with van der Waals surface area (Å²) in [5.74, 6) is 0. The van der Waals surface area contributed by atoms with Crippen molar-refractivity contribution in [3.8, 4) is 0 Å². The van der Waals surface area contributed by atoms with Gasteiger partial charge in [0.1, 0.15) is 0 Å². The molecule has 0 aliphatic rings. The van der Waals surface area contributed by atoms with Crippen molar-refractivity contribution < 1.29 is 68.0 Å². The Kier molecular flexibility index (Phi) is 30.4. The Labute approximate surface area is 165 Å². The van der Waals surface area contributed by atoms with Gasteiger partial charge in [-0.05, 0) is 12.8 Å². The Morgan fingerprint density at radius 2 is 0.895 bits per heavy atom. The SMILES string of the molecule is CCCCCCCCCCCC[N+](C)(C)C.[Br-].[Br-].[Na+]. The molecule has 0 heterocycles. The maximum Gasteiger partial charge on any atom is 1.00 e. The fraction of sp³-hybridized carbons (Fsp3) is 1.00. The Morgan fingerprint density at radius 1 is 0.579 bits per heavy atom. The molecule has 0 unspecified atom stereocenters. The molecule has 0 aromatic carbocycles. The Hall–Kier alpha value is 1.92. The van der Waals surface area contributed by atoms with Crippen LogP contribution in [0.1, 0.15) is 71.1 Å². The van der Waals surface area contributed by atoms with E-state index in [2.05, 4.69) is 28.1 Å². The number of unbranched alkanes of at least 4 members (excludes halogenated alkanes) is 9. The molecule has 0 bridgehead atoms. The molecule has 0 aliphatic heterocycles. The number of halogens is 2. The van der Waals surface area contributed by atoms with Gasteiger partial charge in [-0.25, -0.2) is 0 Å². The van der Waals surface area contributed by atoms with E-state index in [1.54, 1.807) is 0 Å². The summed E-state index contributed by atoms with van der Waals surface area (Å²) < 4.78 is 1.12. The molecule has 0 aromatic rings. The van der Waals surface area contributed by atoms with E-state index in [4.69, 9.17) is 0 Å². The second kappa shape index (κ2) is 19.9. The van der Waals surface area contributed by atoms with Crippen molar-refractivity contribution in [2.45, 2.75) is 71.1 Å². The molecule has 0 saturated heterocycles. The zero-order valence-corrected chi connectivity index (χ0v) is 19.2. The number of hydrogen-bond acceptors (Lipinski definition) is 0. The predicted molar refractivity (Wildman–Crippen MR) is 74.7 cm³/mol. The summed E-state index contributed by atoms with van der Waals surface area (Å²) in [5.41, 5.74) is 0. The quantitative estimate of drug-likeness (QED) is 0.183. The summed E-state index contributed by atoms with van der Waals surface area (Å²) in [7, 11) is 6.86. The van der Waals surface area contributed by atoms with Gasteiger partial charge >= 0.3 is 29.6 Å². The van der Waals surface area contributed by atoms with Gasteiger partial charge in [-0.1, -0.05) is 58.3 Å². The third-order valence-electron chi connectivity index (χ3n) is 3.18. The molecular formula is C15H34Br2NNa. The molecule has 0 saturated carbocycles. The molecule has 0 amide bonds. The third kappa shape index (κ3) is 28.7. The van der Waals surface area contributed by atoms with Crippen molar-refractivity contribution in [3.63, 3.8) is 0 Å². The van der Waals surface area contributed by atoms with E-state index in [1.807, 2.05) is 0 Å². The van der Waals surface area contributed by atoms with E-state index >= 15 is 0 Å². The average molecular weight is 411 g/mol. The van der Waals surface area contributed by atoms with Gasteiger partial charge in [-0.15, -0.1) is 0 Å². The molecule has 0 aliphatic carbocycles. The predicted octanol–water partition coefficient (Wildman–Crippen LogP) is -4.37. The van der Waals surface area contributed by atoms with Crippen LogP contribution in [0.25, 0.3) is 0 Å². The summed E-state index contributed by atoms with van der Waals surface area (Å²) in [4.78, 5) is 0.